The van der Waals surface area contributed by atoms with Gasteiger partial charge in [-0.2, -0.15) is 0 Å². The standard InChI is InChI=1S/C13H18ClFN2O2S/c1-2-17-7-3-4-10(17)9-16-20(18,19)11-5-6-13(15)12(14)8-11/h5-6,8,10,16H,2-4,7,9H2,1H3/p+1/t10-/m0/s1. The normalized spacial score (nSPS) is 23.1. The van der Waals surface area contributed by atoms with Crippen LogP contribution in [0.3, 0.4) is 0 Å². The second-order valence-electron chi connectivity index (χ2n) is 5.03. The average Bonchev–Trinajstić information content (AvgIpc) is 2.87. The van der Waals surface area contributed by atoms with E-state index in [1.165, 1.54) is 11.0 Å². The van der Waals surface area contributed by atoms with Gasteiger partial charge in [0.05, 0.1) is 29.6 Å². The molecular weight excluding hydrogens is 303 g/mol. The molecule has 0 spiro atoms. The number of sulfonamides is 1. The third-order valence-corrected chi connectivity index (χ3v) is 5.51. The van der Waals surface area contributed by atoms with Crippen LogP contribution in [0.1, 0.15) is 19.8 Å². The van der Waals surface area contributed by atoms with Gasteiger partial charge in [0.15, 0.2) is 0 Å². The summed E-state index contributed by atoms with van der Waals surface area (Å²) in [7, 11) is -3.63. The molecule has 4 nitrogen and oxygen atoms in total. The Bertz CT molecular complexity index is 580. The average molecular weight is 322 g/mol. The molecule has 1 fully saturated rings. The summed E-state index contributed by atoms with van der Waals surface area (Å²) in [5.41, 5.74) is 0. The highest BCUT2D eigenvalue weighted by molar-refractivity contribution is 7.89. The van der Waals surface area contributed by atoms with E-state index in [1.807, 2.05) is 0 Å². The van der Waals surface area contributed by atoms with Crippen molar-refractivity contribution in [2.45, 2.75) is 30.7 Å². The van der Waals surface area contributed by atoms with Crippen LogP contribution in [0.25, 0.3) is 0 Å². The summed E-state index contributed by atoms with van der Waals surface area (Å²) in [6.45, 7) is 4.59. The minimum absolute atomic E-state index is 0.0000505. The highest BCUT2D eigenvalue weighted by Crippen LogP contribution is 2.19. The van der Waals surface area contributed by atoms with Crippen LogP contribution >= 0.6 is 11.6 Å². The maximum atomic E-state index is 13.1. The molecule has 2 rings (SSSR count). The maximum Gasteiger partial charge on any atom is 0.240 e. The summed E-state index contributed by atoms with van der Waals surface area (Å²) in [6, 6.07) is 3.74. The molecule has 0 saturated carbocycles. The van der Waals surface area contributed by atoms with Crippen molar-refractivity contribution in [3.63, 3.8) is 0 Å². The Morgan fingerprint density at radius 1 is 1.50 bits per heavy atom. The number of benzene rings is 1. The second-order valence-corrected chi connectivity index (χ2v) is 7.20. The molecule has 0 amide bonds. The molecule has 2 atom stereocenters. The van der Waals surface area contributed by atoms with Crippen LogP contribution in [-0.2, 0) is 10.0 Å². The molecule has 1 aromatic rings. The number of halogens is 2. The number of quaternary nitrogens is 1. The quantitative estimate of drug-likeness (QED) is 0.844. The summed E-state index contributed by atoms with van der Waals surface area (Å²) < 4.78 is 40.0. The molecule has 7 heteroatoms. The number of hydrogen-bond donors (Lipinski definition) is 2. The Kier molecular flexibility index (Phi) is 5.01. The lowest BCUT2D eigenvalue weighted by Gasteiger charge is -2.20. The number of nitrogens with one attached hydrogen (secondary N) is 2. The predicted octanol–water partition coefficient (Wildman–Crippen LogP) is 0.825. The van der Waals surface area contributed by atoms with Crippen LogP contribution in [0.15, 0.2) is 23.1 Å². The van der Waals surface area contributed by atoms with E-state index in [-0.39, 0.29) is 9.92 Å². The lowest BCUT2D eigenvalue weighted by molar-refractivity contribution is -0.909. The zero-order valence-electron chi connectivity index (χ0n) is 11.3. The monoisotopic (exact) mass is 321 g/mol. The summed E-state index contributed by atoms with van der Waals surface area (Å²) in [5.74, 6) is -0.622. The van der Waals surface area contributed by atoms with Crippen LogP contribution in [0, 0.1) is 5.82 Å². The van der Waals surface area contributed by atoms with Gasteiger partial charge in [0.1, 0.15) is 11.9 Å². The highest BCUT2D eigenvalue weighted by atomic mass is 35.5. The third kappa shape index (κ3) is 3.49. The van der Waals surface area contributed by atoms with Crippen molar-refractivity contribution < 1.29 is 17.7 Å². The Labute approximate surface area is 124 Å². The van der Waals surface area contributed by atoms with Gasteiger partial charge >= 0.3 is 0 Å². The zero-order valence-corrected chi connectivity index (χ0v) is 12.9. The van der Waals surface area contributed by atoms with Crippen LogP contribution in [-0.4, -0.2) is 34.1 Å². The molecule has 1 aromatic carbocycles. The molecule has 0 aromatic heterocycles. The highest BCUT2D eigenvalue weighted by Gasteiger charge is 2.28. The fourth-order valence-corrected chi connectivity index (χ4v) is 3.99. The van der Waals surface area contributed by atoms with E-state index < -0.39 is 15.8 Å². The zero-order chi connectivity index (χ0) is 14.8. The predicted molar refractivity (Wildman–Crippen MR) is 76.0 cm³/mol. The van der Waals surface area contributed by atoms with Crippen molar-refractivity contribution in [3.8, 4) is 0 Å². The fourth-order valence-electron chi connectivity index (χ4n) is 2.63. The van der Waals surface area contributed by atoms with E-state index >= 15 is 0 Å². The van der Waals surface area contributed by atoms with Gasteiger partial charge in [-0.15, -0.1) is 0 Å². The Hall–Kier alpha value is -0.690. The molecule has 1 saturated heterocycles. The van der Waals surface area contributed by atoms with E-state index in [0.717, 1.165) is 38.1 Å². The first-order chi connectivity index (χ1) is 9.44. The molecule has 1 aliphatic heterocycles. The molecule has 1 heterocycles. The first-order valence-corrected chi connectivity index (χ1v) is 8.59. The van der Waals surface area contributed by atoms with Gasteiger partial charge in [0, 0.05) is 12.8 Å². The number of hydrogen-bond acceptors (Lipinski definition) is 2. The summed E-state index contributed by atoms with van der Waals surface area (Å²) in [5, 5.41) is -0.186. The van der Waals surface area contributed by atoms with Gasteiger partial charge in [-0.25, -0.2) is 17.5 Å². The topological polar surface area (TPSA) is 50.6 Å². The maximum absolute atomic E-state index is 13.1. The van der Waals surface area contributed by atoms with Crippen molar-refractivity contribution in [2.24, 2.45) is 0 Å². The minimum atomic E-state index is -3.63. The first-order valence-electron chi connectivity index (χ1n) is 6.73. The molecular formula is C13H19ClFN2O2S+. The number of rotatable bonds is 5. The van der Waals surface area contributed by atoms with E-state index in [1.54, 1.807) is 0 Å². The van der Waals surface area contributed by atoms with Crippen molar-refractivity contribution in [1.82, 2.24) is 4.72 Å². The fraction of sp³-hybridized carbons (Fsp3) is 0.538. The van der Waals surface area contributed by atoms with E-state index in [4.69, 9.17) is 11.6 Å². The lowest BCUT2D eigenvalue weighted by Crippen LogP contribution is -3.14. The van der Waals surface area contributed by atoms with E-state index in [9.17, 15) is 12.8 Å². The second kappa shape index (κ2) is 6.39. The number of likely N-dealkylation sites (tertiary alicyclic amines) is 1. The molecule has 2 N–H and O–H groups in total. The minimum Gasteiger partial charge on any atom is -0.332 e. The van der Waals surface area contributed by atoms with Gasteiger partial charge in [-0.1, -0.05) is 11.6 Å². The molecule has 1 aliphatic rings. The first kappa shape index (κ1) is 15.7. The SMILES string of the molecule is CC[NH+]1CCC[C@H]1CNS(=O)(=O)c1ccc(F)c(Cl)c1. The summed E-state index contributed by atoms with van der Waals surface area (Å²) >= 11 is 5.62. The van der Waals surface area contributed by atoms with Gasteiger partial charge in [0.25, 0.3) is 0 Å². The van der Waals surface area contributed by atoms with Crippen molar-refractivity contribution in [2.75, 3.05) is 19.6 Å². The lowest BCUT2D eigenvalue weighted by atomic mass is 10.2. The smallest absolute Gasteiger partial charge is 0.240 e. The molecule has 0 aliphatic carbocycles. The van der Waals surface area contributed by atoms with E-state index in [2.05, 4.69) is 11.6 Å². The van der Waals surface area contributed by atoms with Crippen LogP contribution in [0.2, 0.25) is 5.02 Å². The Morgan fingerprint density at radius 3 is 2.90 bits per heavy atom. The molecule has 20 heavy (non-hydrogen) atoms. The Balaban J connectivity index is 2.05. The van der Waals surface area contributed by atoms with Gasteiger partial charge in [-0.05, 0) is 25.1 Å². The largest absolute Gasteiger partial charge is 0.332 e. The Morgan fingerprint density at radius 2 is 2.25 bits per heavy atom. The van der Waals surface area contributed by atoms with Crippen LogP contribution in [0.4, 0.5) is 4.39 Å². The molecule has 0 bridgehead atoms. The van der Waals surface area contributed by atoms with Crippen molar-refractivity contribution in [1.29, 1.82) is 0 Å². The van der Waals surface area contributed by atoms with Crippen LogP contribution < -0.4 is 9.62 Å². The van der Waals surface area contributed by atoms with Crippen molar-refractivity contribution in [3.05, 3.63) is 29.0 Å². The summed E-state index contributed by atoms with van der Waals surface area (Å²) in [6.07, 6.45) is 2.15. The molecule has 0 radical (unpaired) electrons. The van der Waals surface area contributed by atoms with E-state index in [0.29, 0.717) is 12.6 Å². The number of likely N-dealkylation sites (N-methyl/N-ethyl adjacent to an activating group) is 1. The summed E-state index contributed by atoms with van der Waals surface area (Å²) in [4.78, 5) is 1.42. The van der Waals surface area contributed by atoms with Gasteiger partial charge in [0.2, 0.25) is 10.0 Å². The molecule has 112 valence electrons. The molecule has 1 unspecified atom stereocenters. The van der Waals surface area contributed by atoms with Gasteiger partial charge < -0.3 is 4.90 Å². The third-order valence-electron chi connectivity index (χ3n) is 3.80. The van der Waals surface area contributed by atoms with Crippen molar-refractivity contribution >= 4 is 21.6 Å². The van der Waals surface area contributed by atoms with Crippen LogP contribution in [0.5, 0.6) is 0 Å². The van der Waals surface area contributed by atoms with Gasteiger partial charge in [-0.3, -0.25) is 0 Å².